The summed E-state index contributed by atoms with van der Waals surface area (Å²) in [7, 11) is 1.44. The molecule has 82 valence electrons. The average molecular weight is 217 g/mol. The van der Waals surface area contributed by atoms with Gasteiger partial charge in [0, 0.05) is 6.42 Å². The predicted molar refractivity (Wildman–Crippen MR) is 59.6 cm³/mol. The number of hydrogen-bond acceptors (Lipinski definition) is 4. The quantitative estimate of drug-likeness (QED) is 0.537. The van der Waals surface area contributed by atoms with Crippen molar-refractivity contribution in [2.24, 2.45) is 5.92 Å². The lowest BCUT2D eigenvalue weighted by Gasteiger charge is -2.09. The molecule has 1 aliphatic rings. The highest BCUT2D eigenvalue weighted by Gasteiger charge is 2.14. The molecule has 0 aliphatic carbocycles. The monoisotopic (exact) mass is 217 g/mol. The molecule has 0 radical (unpaired) electrons. The van der Waals surface area contributed by atoms with Crippen molar-refractivity contribution in [3.05, 3.63) is 0 Å². The van der Waals surface area contributed by atoms with Crippen LogP contribution >= 0.6 is 11.8 Å². The van der Waals surface area contributed by atoms with Gasteiger partial charge in [0.1, 0.15) is 0 Å². The van der Waals surface area contributed by atoms with Gasteiger partial charge in [0.15, 0.2) is 0 Å². The molecule has 0 spiro atoms. The second-order valence-corrected chi connectivity index (χ2v) is 4.76. The molecule has 14 heavy (non-hydrogen) atoms. The van der Waals surface area contributed by atoms with E-state index in [0.29, 0.717) is 6.42 Å². The number of methoxy groups -OCH3 is 1. The second kappa shape index (κ2) is 7.12. The van der Waals surface area contributed by atoms with Gasteiger partial charge in [-0.3, -0.25) is 4.79 Å². The summed E-state index contributed by atoms with van der Waals surface area (Å²) < 4.78 is 4.56. The SMILES string of the molecule is COC(=O)CCCNCC1CCSC1. The number of thioether (sulfide) groups is 1. The molecular formula is C10H19NO2S. The number of carbonyl (C=O) groups is 1. The van der Waals surface area contributed by atoms with Gasteiger partial charge in [-0.1, -0.05) is 0 Å². The predicted octanol–water partition coefficient (Wildman–Crippen LogP) is 1.28. The van der Waals surface area contributed by atoms with Gasteiger partial charge < -0.3 is 10.1 Å². The second-order valence-electron chi connectivity index (χ2n) is 3.61. The van der Waals surface area contributed by atoms with E-state index in [1.807, 2.05) is 11.8 Å². The Morgan fingerprint density at radius 2 is 2.50 bits per heavy atom. The van der Waals surface area contributed by atoms with Crippen molar-refractivity contribution in [2.75, 3.05) is 31.7 Å². The Labute approximate surface area is 90.0 Å². The average Bonchev–Trinajstić information content (AvgIpc) is 2.69. The lowest BCUT2D eigenvalue weighted by atomic mass is 10.1. The summed E-state index contributed by atoms with van der Waals surface area (Å²) in [4.78, 5) is 10.8. The number of carbonyl (C=O) groups excluding carboxylic acids is 1. The van der Waals surface area contributed by atoms with Gasteiger partial charge in [0.2, 0.25) is 0 Å². The van der Waals surface area contributed by atoms with Gasteiger partial charge in [-0.2, -0.15) is 11.8 Å². The Morgan fingerprint density at radius 1 is 1.64 bits per heavy atom. The maximum Gasteiger partial charge on any atom is 0.305 e. The van der Waals surface area contributed by atoms with Crippen LogP contribution in [0.5, 0.6) is 0 Å². The lowest BCUT2D eigenvalue weighted by Crippen LogP contribution is -2.24. The molecule has 0 bridgehead atoms. The fourth-order valence-electron chi connectivity index (χ4n) is 1.51. The first kappa shape index (κ1) is 11.9. The van der Waals surface area contributed by atoms with Crippen molar-refractivity contribution in [3.63, 3.8) is 0 Å². The standard InChI is InChI=1S/C10H19NO2S/c1-13-10(12)3-2-5-11-7-9-4-6-14-8-9/h9,11H,2-8H2,1H3. The van der Waals surface area contributed by atoms with Crippen molar-refractivity contribution in [1.82, 2.24) is 5.32 Å². The Morgan fingerprint density at radius 3 is 3.14 bits per heavy atom. The first-order valence-electron chi connectivity index (χ1n) is 5.18. The van der Waals surface area contributed by atoms with Crippen LogP contribution in [0, 0.1) is 5.92 Å². The van der Waals surface area contributed by atoms with Gasteiger partial charge in [-0.15, -0.1) is 0 Å². The van der Waals surface area contributed by atoms with E-state index >= 15 is 0 Å². The molecule has 0 saturated carbocycles. The molecule has 1 rings (SSSR count). The third kappa shape index (κ3) is 4.86. The van der Waals surface area contributed by atoms with Crippen LogP contribution in [0.3, 0.4) is 0 Å². The van der Waals surface area contributed by atoms with E-state index in [0.717, 1.165) is 25.4 Å². The highest BCUT2D eigenvalue weighted by atomic mass is 32.2. The molecule has 1 unspecified atom stereocenters. The molecule has 1 fully saturated rings. The topological polar surface area (TPSA) is 38.3 Å². The summed E-state index contributed by atoms with van der Waals surface area (Å²) in [5.74, 6) is 3.35. The van der Waals surface area contributed by atoms with Crippen LogP contribution in [-0.4, -0.2) is 37.7 Å². The summed E-state index contributed by atoms with van der Waals surface area (Å²) >= 11 is 2.04. The minimum Gasteiger partial charge on any atom is -0.469 e. The molecule has 4 heteroatoms. The zero-order valence-electron chi connectivity index (χ0n) is 8.75. The van der Waals surface area contributed by atoms with Gasteiger partial charge in [-0.05, 0) is 43.4 Å². The summed E-state index contributed by atoms with van der Waals surface area (Å²) in [5.41, 5.74) is 0. The molecule has 1 heterocycles. The van der Waals surface area contributed by atoms with E-state index in [2.05, 4.69) is 10.1 Å². The van der Waals surface area contributed by atoms with E-state index < -0.39 is 0 Å². The molecule has 1 saturated heterocycles. The van der Waals surface area contributed by atoms with Crippen molar-refractivity contribution in [2.45, 2.75) is 19.3 Å². The van der Waals surface area contributed by atoms with Crippen molar-refractivity contribution >= 4 is 17.7 Å². The van der Waals surface area contributed by atoms with Crippen LogP contribution in [0.2, 0.25) is 0 Å². The summed E-state index contributed by atoms with van der Waals surface area (Å²) in [6.45, 7) is 2.03. The number of esters is 1. The fourth-order valence-corrected chi connectivity index (χ4v) is 2.79. The number of ether oxygens (including phenoxy) is 1. The smallest absolute Gasteiger partial charge is 0.305 e. The van der Waals surface area contributed by atoms with E-state index in [4.69, 9.17) is 0 Å². The molecule has 0 amide bonds. The molecule has 0 aromatic carbocycles. The zero-order chi connectivity index (χ0) is 10.2. The number of hydrogen-bond donors (Lipinski definition) is 1. The summed E-state index contributed by atoms with van der Waals surface area (Å²) in [5, 5.41) is 3.39. The molecule has 3 nitrogen and oxygen atoms in total. The fraction of sp³-hybridized carbons (Fsp3) is 0.900. The van der Waals surface area contributed by atoms with Crippen LogP contribution in [0.1, 0.15) is 19.3 Å². The molecule has 1 atom stereocenters. The minimum atomic E-state index is -0.108. The van der Waals surface area contributed by atoms with Crippen LogP contribution < -0.4 is 5.32 Å². The third-order valence-electron chi connectivity index (χ3n) is 2.42. The highest BCUT2D eigenvalue weighted by Crippen LogP contribution is 2.22. The lowest BCUT2D eigenvalue weighted by molar-refractivity contribution is -0.140. The first-order valence-corrected chi connectivity index (χ1v) is 6.33. The Balaban J connectivity index is 1.86. The molecule has 1 aliphatic heterocycles. The third-order valence-corrected chi connectivity index (χ3v) is 3.65. The molecule has 0 aromatic rings. The van der Waals surface area contributed by atoms with E-state index in [1.54, 1.807) is 0 Å². The number of nitrogens with one attached hydrogen (secondary N) is 1. The van der Waals surface area contributed by atoms with Gasteiger partial charge in [0.25, 0.3) is 0 Å². The van der Waals surface area contributed by atoms with Crippen LogP contribution in [0.25, 0.3) is 0 Å². The zero-order valence-corrected chi connectivity index (χ0v) is 9.57. The summed E-state index contributed by atoms with van der Waals surface area (Å²) in [6, 6.07) is 0. The summed E-state index contributed by atoms with van der Waals surface area (Å²) in [6.07, 6.45) is 2.75. The number of rotatable bonds is 6. The first-order chi connectivity index (χ1) is 6.83. The van der Waals surface area contributed by atoms with E-state index in [9.17, 15) is 4.79 Å². The van der Waals surface area contributed by atoms with Crippen LogP contribution in [0.4, 0.5) is 0 Å². The molecule has 1 N–H and O–H groups in total. The van der Waals surface area contributed by atoms with E-state index in [-0.39, 0.29) is 5.97 Å². The molecular weight excluding hydrogens is 198 g/mol. The molecule has 0 aromatic heterocycles. The maximum atomic E-state index is 10.8. The highest BCUT2D eigenvalue weighted by molar-refractivity contribution is 7.99. The van der Waals surface area contributed by atoms with Gasteiger partial charge >= 0.3 is 5.97 Å². The largest absolute Gasteiger partial charge is 0.469 e. The Hall–Kier alpha value is -0.220. The van der Waals surface area contributed by atoms with Gasteiger partial charge in [-0.25, -0.2) is 0 Å². The van der Waals surface area contributed by atoms with Crippen molar-refractivity contribution < 1.29 is 9.53 Å². The Kier molecular flexibility index (Phi) is 6.03. The Bertz CT molecular complexity index is 170. The van der Waals surface area contributed by atoms with Crippen molar-refractivity contribution in [3.8, 4) is 0 Å². The van der Waals surface area contributed by atoms with Gasteiger partial charge in [0.05, 0.1) is 7.11 Å². The van der Waals surface area contributed by atoms with Crippen LogP contribution in [0.15, 0.2) is 0 Å². The van der Waals surface area contributed by atoms with Crippen LogP contribution in [-0.2, 0) is 9.53 Å². The van der Waals surface area contributed by atoms with E-state index in [1.165, 1.54) is 25.0 Å². The minimum absolute atomic E-state index is 0.108. The normalized spacial score (nSPS) is 21.1. The maximum absolute atomic E-state index is 10.8. The van der Waals surface area contributed by atoms with Crippen molar-refractivity contribution in [1.29, 1.82) is 0 Å².